The van der Waals surface area contributed by atoms with E-state index in [1.165, 1.54) is 0 Å². The summed E-state index contributed by atoms with van der Waals surface area (Å²) in [6.45, 7) is 8.80. The van der Waals surface area contributed by atoms with Crippen molar-refractivity contribution >= 4 is 0 Å². The standard InChI is InChI=1S/C11H21N3O2/c1-8(2)6-14-9(7-15)12-13-10(14)11(3,4)16-5/h8,15H,6-7H2,1-5H3. The number of aliphatic hydroxyl groups excluding tert-OH is 1. The maximum atomic E-state index is 9.22. The molecule has 0 spiro atoms. The maximum Gasteiger partial charge on any atom is 0.164 e. The zero-order chi connectivity index (χ0) is 12.3. The summed E-state index contributed by atoms with van der Waals surface area (Å²) in [5.41, 5.74) is -0.491. The van der Waals surface area contributed by atoms with E-state index in [9.17, 15) is 5.11 Å². The van der Waals surface area contributed by atoms with Gasteiger partial charge in [0, 0.05) is 13.7 Å². The van der Waals surface area contributed by atoms with Gasteiger partial charge in [-0.2, -0.15) is 0 Å². The van der Waals surface area contributed by atoms with Gasteiger partial charge in [-0.05, 0) is 19.8 Å². The van der Waals surface area contributed by atoms with Crippen molar-refractivity contribution in [2.45, 2.75) is 46.4 Å². The smallest absolute Gasteiger partial charge is 0.164 e. The van der Waals surface area contributed by atoms with E-state index >= 15 is 0 Å². The molecule has 0 fully saturated rings. The summed E-state index contributed by atoms with van der Waals surface area (Å²) in [4.78, 5) is 0. The van der Waals surface area contributed by atoms with Crippen LogP contribution in [0.15, 0.2) is 0 Å². The number of nitrogens with zero attached hydrogens (tertiary/aromatic N) is 3. The zero-order valence-electron chi connectivity index (χ0n) is 10.7. The fraction of sp³-hybridized carbons (Fsp3) is 0.818. The first-order valence-electron chi connectivity index (χ1n) is 5.51. The molecule has 0 aromatic carbocycles. The molecule has 1 rings (SSSR count). The van der Waals surface area contributed by atoms with Crippen LogP contribution >= 0.6 is 0 Å². The van der Waals surface area contributed by atoms with Gasteiger partial charge in [-0.1, -0.05) is 13.8 Å². The van der Waals surface area contributed by atoms with Gasteiger partial charge in [0.25, 0.3) is 0 Å². The molecule has 0 radical (unpaired) electrons. The van der Waals surface area contributed by atoms with Gasteiger partial charge in [-0.3, -0.25) is 0 Å². The van der Waals surface area contributed by atoms with E-state index in [4.69, 9.17) is 4.74 Å². The number of rotatable bonds is 5. The Morgan fingerprint density at radius 2 is 2.00 bits per heavy atom. The molecule has 0 aliphatic heterocycles. The summed E-state index contributed by atoms with van der Waals surface area (Å²) in [7, 11) is 1.65. The quantitative estimate of drug-likeness (QED) is 0.824. The Morgan fingerprint density at radius 1 is 1.38 bits per heavy atom. The highest BCUT2D eigenvalue weighted by Gasteiger charge is 2.28. The van der Waals surface area contributed by atoms with Gasteiger partial charge in [-0.15, -0.1) is 10.2 Å². The first-order valence-corrected chi connectivity index (χ1v) is 5.51. The summed E-state index contributed by atoms with van der Waals surface area (Å²) >= 11 is 0. The minimum absolute atomic E-state index is 0.0977. The molecule has 1 aromatic rings. The Morgan fingerprint density at radius 3 is 2.44 bits per heavy atom. The Labute approximate surface area is 96.5 Å². The normalized spacial score (nSPS) is 12.4. The van der Waals surface area contributed by atoms with Crippen molar-refractivity contribution in [2.24, 2.45) is 5.92 Å². The highest BCUT2D eigenvalue weighted by atomic mass is 16.5. The van der Waals surface area contributed by atoms with Crippen LogP contribution in [0.3, 0.4) is 0 Å². The third-order valence-electron chi connectivity index (χ3n) is 2.57. The van der Waals surface area contributed by atoms with Gasteiger partial charge in [0.2, 0.25) is 0 Å². The van der Waals surface area contributed by atoms with E-state index < -0.39 is 5.60 Å². The molecule has 92 valence electrons. The second kappa shape index (κ2) is 4.93. The molecule has 0 aliphatic rings. The Hall–Kier alpha value is -0.940. The molecule has 0 saturated carbocycles. The maximum absolute atomic E-state index is 9.22. The van der Waals surface area contributed by atoms with Crippen LogP contribution in [-0.2, 0) is 23.5 Å². The van der Waals surface area contributed by atoms with Crippen molar-refractivity contribution in [3.63, 3.8) is 0 Å². The van der Waals surface area contributed by atoms with Gasteiger partial charge in [0.15, 0.2) is 11.6 Å². The summed E-state index contributed by atoms with van der Waals surface area (Å²) in [6.07, 6.45) is 0. The summed E-state index contributed by atoms with van der Waals surface area (Å²) < 4.78 is 7.34. The Bertz CT molecular complexity index is 345. The van der Waals surface area contributed by atoms with Crippen molar-refractivity contribution in [1.29, 1.82) is 0 Å². The number of ether oxygens (including phenoxy) is 1. The molecule has 5 nitrogen and oxygen atoms in total. The second-order valence-corrected chi connectivity index (χ2v) is 4.82. The van der Waals surface area contributed by atoms with Crippen LogP contribution in [0.5, 0.6) is 0 Å². The molecule has 1 N–H and O–H groups in total. The SMILES string of the molecule is COC(C)(C)c1nnc(CO)n1CC(C)C. The monoisotopic (exact) mass is 227 g/mol. The van der Waals surface area contributed by atoms with Crippen molar-refractivity contribution in [1.82, 2.24) is 14.8 Å². The minimum Gasteiger partial charge on any atom is -0.388 e. The van der Waals surface area contributed by atoms with Crippen LogP contribution in [0.2, 0.25) is 0 Å². The number of aromatic nitrogens is 3. The van der Waals surface area contributed by atoms with Crippen LogP contribution in [0.25, 0.3) is 0 Å². The van der Waals surface area contributed by atoms with E-state index in [-0.39, 0.29) is 6.61 Å². The fourth-order valence-electron chi connectivity index (χ4n) is 1.55. The van der Waals surface area contributed by atoms with Crippen molar-refractivity contribution in [2.75, 3.05) is 7.11 Å². The molecule has 0 unspecified atom stereocenters. The van der Waals surface area contributed by atoms with Crippen LogP contribution in [0.1, 0.15) is 39.3 Å². The molecule has 0 saturated heterocycles. The molecule has 1 heterocycles. The van der Waals surface area contributed by atoms with Gasteiger partial charge < -0.3 is 14.4 Å². The fourth-order valence-corrected chi connectivity index (χ4v) is 1.55. The van der Waals surface area contributed by atoms with Gasteiger partial charge in [0.1, 0.15) is 12.2 Å². The number of methoxy groups -OCH3 is 1. The molecule has 0 aliphatic carbocycles. The molecule has 1 aromatic heterocycles. The molecule has 0 bridgehead atoms. The third kappa shape index (κ3) is 2.59. The lowest BCUT2D eigenvalue weighted by atomic mass is 10.1. The number of hydrogen-bond acceptors (Lipinski definition) is 4. The van der Waals surface area contributed by atoms with Gasteiger partial charge in [-0.25, -0.2) is 0 Å². The lowest BCUT2D eigenvalue weighted by Crippen LogP contribution is -2.26. The van der Waals surface area contributed by atoms with E-state index in [1.807, 2.05) is 18.4 Å². The zero-order valence-corrected chi connectivity index (χ0v) is 10.7. The van der Waals surface area contributed by atoms with Crippen LogP contribution in [0, 0.1) is 5.92 Å². The van der Waals surface area contributed by atoms with Crippen molar-refractivity contribution in [3.05, 3.63) is 11.6 Å². The molecule has 0 atom stereocenters. The largest absolute Gasteiger partial charge is 0.388 e. The highest BCUT2D eigenvalue weighted by Crippen LogP contribution is 2.23. The lowest BCUT2D eigenvalue weighted by molar-refractivity contribution is 0.00748. The van der Waals surface area contributed by atoms with E-state index in [2.05, 4.69) is 24.0 Å². The number of aliphatic hydroxyl groups is 1. The van der Waals surface area contributed by atoms with E-state index in [0.29, 0.717) is 11.7 Å². The predicted octanol–water partition coefficient (Wildman–Crippen LogP) is 1.31. The summed E-state index contributed by atoms with van der Waals surface area (Å²) in [5.74, 6) is 1.81. The highest BCUT2D eigenvalue weighted by molar-refractivity contribution is 5.03. The average molecular weight is 227 g/mol. The summed E-state index contributed by atoms with van der Waals surface area (Å²) in [6, 6.07) is 0. The predicted molar refractivity (Wildman–Crippen MR) is 60.8 cm³/mol. The molecule has 0 amide bonds. The second-order valence-electron chi connectivity index (χ2n) is 4.82. The van der Waals surface area contributed by atoms with Crippen molar-refractivity contribution < 1.29 is 9.84 Å². The third-order valence-corrected chi connectivity index (χ3v) is 2.57. The van der Waals surface area contributed by atoms with E-state index in [1.54, 1.807) is 7.11 Å². The Balaban J connectivity index is 3.14. The molecule has 16 heavy (non-hydrogen) atoms. The first kappa shape index (κ1) is 13.1. The van der Waals surface area contributed by atoms with E-state index in [0.717, 1.165) is 12.4 Å². The van der Waals surface area contributed by atoms with Gasteiger partial charge in [0.05, 0.1) is 0 Å². The minimum atomic E-state index is -0.491. The first-order chi connectivity index (χ1) is 7.42. The van der Waals surface area contributed by atoms with Crippen LogP contribution in [-0.4, -0.2) is 27.0 Å². The lowest BCUT2D eigenvalue weighted by Gasteiger charge is -2.23. The topological polar surface area (TPSA) is 60.2 Å². The number of hydrogen-bond donors (Lipinski definition) is 1. The molecule has 5 heteroatoms. The van der Waals surface area contributed by atoms with Crippen molar-refractivity contribution in [3.8, 4) is 0 Å². The average Bonchev–Trinajstić information content (AvgIpc) is 2.60. The molecular weight excluding hydrogens is 206 g/mol. The van der Waals surface area contributed by atoms with Gasteiger partial charge >= 0.3 is 0 Å². The molecular formula is C11H21N3O2. The summed E-state index contributed by atoms with van der Waals surface area (Å²) in [5, 5.41) is 17.3. The van der Waals surface area contributed by atoms with Crippen LogP contribution < -0.4 is 0 Å². The van der Waals surface area contributed by atoms with Crippen LogP contribution in [0.4, 0.5) is 0 Å². The Kier molecular flexibility index (Phi) is 4.04.